The van der Waals surface area contributed by atoms with Crippen molar-refractivity contribution in [3.8, 4) is 0 Å². The Morgan fingerprint density at radius 1 is 1.42 bits per heavy atom. The first kappa shape index (κ1) is 8.24. The van der Waals surface area contributed by atoms with Crippen molar-refractivity contribution in [3.05, 3.63) is 0 Å². The summed E-state index contributed by atoms with van der Waals surface area (Å²) < 4.78 is 0. The van der Waals surface area contributed by atoms with E-state index in [2.05, 4.69) is 5.32 Å². The van der Waals surface area contributed by atoms with Crippen LogP contribution in [0.25, 0.3) is 0 Å². The maximum atomic E-state index is 11.4. The van der Waals surface area contributed by atoms with Crippen molar-refractivity contribution in [1.82, 2.24) is 5.32 Å². The summed E-state index contributed by atoms with van der Waals surface area (Å²) in [5.41, 5.74) is 0. The Bertz CT molecular complexity index is 190. The lowest BCUT2D eigenvalue weighted by atomic mass is 10.0. The fraction of sp³-hybridized carbons (Fsp3) is 0.900. The molecule has 68 valence electrons. The van der Waals surface area contributed by atoms with E-state index in [1.54, 1.807) is 0 Å². The van der Waals surface area contributed by atoms with Gasteiger partial charge >= 0.3 is 0 Å². The molecule has 12 heavy (non-hydrogen) atoms. The van der Waals surface area contributed by atoms with E-state index in [4.69, 9.17) is 0 Å². The fourth-order valence-electron chi connectivity index (χ4n) is 2.32. The minimum atomic E-state index is 0.235. The monoisotopic (exact) mass is 167 g/mol. The molecule has 2 rings (SSSR count). The van der Waals surface area contributed by atoms with Gasteiger partial charge in [0.15, 0.2) is 0 Å². The Labute approximate surface area is 73.7 Å². The quantitative estimate of drug-likeness (QED) is 0.681. The Hall–Kier alpha value is -0.370. The number of carbonyl (C=O) groups is 1. The first-order valence-electron chi connectivity index (χ1n) is 4.93. The van der Waals surface area contributed by atoms with Gasteiger partial charge < -0.3 is 5.32 Å². The van der Waals surface area contributed by atoms with Crippen LogP contribution in [0.15, 0.2) is 0 Å². The number of ketones is 1. The Morgan fingerprint density at radius 2 is 2.00 bits per heavy atom. The number of carbonyl (C=O) groups excluding carboxylic acids is 1. The molecule has 1 aliphatic carbocycles. The van der Waals surface area contributed by atoms with Crippen molar-refractivity contribution in [2.24, 2.45) is 23.7 Å². The van der Waals surface area contributed by atoms with Gasteiger partial charge in [-0.25, -0.2) is 0 Å². The number of hydrogen-bond donors (Lipinski definition) is 1. The molecule has 2 aliphatic rings. The molecule has 2 heteroatoms. The maximum Gasteiger partial charge on any atom is 0.135 e. The highest BCUT2D eigenvalue weighted by molar-refractivity contribution is 5.80. The van der Waals surface area contributed by atoms with E-state index < -0.39 is 0 Å². The lowest BCUT2D eigenvalue weighted by Crippen LogP contribution is -2.17. The first-order chi connectivity index (χ1) is 5.70. The molecular weight excluding hydrogens is 150 g/mol. The summed E-state index contributed by atoms with van der Waals surface area (Å²) in [6.07, 6.45) is 0.842. The first-order valence-corrected chi connectivity index (χ1v) is 4.93. The summed E-state index contributed by atoms with van der Waals surface area (Å²) in [6.45, 7) is 6.30. The highest BCUT2D eigenvalue weighted by Crippen LogP contribution is 2.50. The van der Waals surface area contributed by atoms with Gasteiger partial charge in [-0.3, -0.25) is 4.79 Å². The van der Waals surface area contributed by atoms with Crippen molar-refractivity contribution in [1.29, 1.82) is 0 Å². The molecule has 0 spiro atoms. The Morgan fingerprint density at radius 3 is 2.50 bits per heavy atom. The Balaban J connectivity index is 1.79. The van der Waals surface area contributed by atoms with E-state index in [0.717, 1.165) is 37.3 Å². The van der Waals surface area contributed by atoms with Crippen LogP contribution in [0.3, 0.4) is 0 Å². The minimum Gasteiger partial charge on any atom is -0.316 e. The molecule has 1 heterocycles. The number of Topliss-reactive ketones (excluding diaryl/α,β-unsaturated/α-hetero) is 1. The largest absolute Gasteiger partial charge is 0.316 e. The zero-order valence-electron chi connectivity index (χ0n) is 7.84. The Kier molecular flexibility index (Phi) is 1.95. The second kappa shape index (κ2) is 2.84. The van der Waals surface area contributed by atoms with Crippen LogP contribution < -0.4 is 5.32 Å². The zero-order valence-corrected chi connectivity index (χ0v) is 7.84. The third-order valence-electron chi connectivity index (χ3n) is 3.35. The van der Waals surface area contributed by atoms with E-state index in [-0.39, 0.29) is 5.92 Å². The van der Waals surface area contributed by atoms with Crippen LogP contribution in [-0.4, -0.2) is 18.9 Å². The van der Waals surface area contributed by atoms with Crippen LogP contribution in [0.5, 0.6) is 0 Å². The smallest absolute Gasteiger partial charge is 0.135 e. The number of rotatable bonds is 3. The summed E-state index contributed by atoms with van der Waals surface area (Å²) >= 11 is 0. The van der Waals surface area contributed by atoms with Crippen molar-refractivity contribution in [2.75, 3.05) is 13.1 Å². The fourth-order valence-corrected chi connectivity index (χ4v) is 2.32. The van der Waals surface area contributed by atoms with Crippen LogP contribution in [-0.2, 0) is 4.79 Å². The number of piperidine rings is 1. The molecule has 1 aliphatic heterocycles. The predicted molar refractivity (Wildman–Crippen MR) is 47.8 cm³/mol. The maximum absolute atomic E-state index is 11.4. The van der Waals surface area contributed by atoms with E-state index in [9.17, 15) is 4.79 Å². The zero-order chi connectivity index (χ0) is 8.72. The van der Waals surface area contributed by atoms with Crippen LogP contribution in [0, 0.1) is 23.7 Å². The second-order valence-electron chi connectivity index (χ2n) is 4.47. The third kappa shape index (κ3) is 1.28. The SMILES string of the molecule is CC(C)C(=O)C[C@H]1[C@@H]2CNC[C@@H]21. The van der Waals surface area contributed by atoms with E-state index in [0.29, 0.717) is 5.78 Å². The molecule has 0 radical (unpaired) electrons. The topological polar surface area (TPSA) is 29.1 Å². The van der Waals surface area contributed by atoms with Crippen LogP contribution >= 0.6 is 0 Å². The molecule has 2 fully saturated rings. The van der Waals surface area contributed by atoms with Crippen molar-refractivity contribution < 1.29 is 4.79 Å². The molecule has 1 N–H and O–H groups in total. The van der Waals surface area contributed by atoms with Gasteiger partial charge in [0, 0.05) is 12.3 Å². The summed E-state index contributed by atoms with van der Waals surface area (Å²) in [5.74, 6) is 3.11. The lowest BCUT2D eigenvalue weighted by molar-refractivity contribution is -0.122. The normalized spacial score (nSPS) is 38.4. The van der Waals surface area contributed by atoms with E-state index >= 15 is 0 Å². The van der Waals surface area contributed by atoms with Crippen LogP contribution in [0.2, 0.25) is 0 Å². The molecule has 0 aromatic heterocycles. The van der Waals surface area contributed by atoms with Gasteiger partial charge in [0.2, 0.25) is 0 Å². The molecular formula is C10H17NO. The van der Waals surface area contributed by atoms with Gasteiger partial charge in [-0.2, -0.15) is 0 Å². The predicted octanol–water partition coefficient (Wildman–Crippen LogP) is 1.07. The average Bonchev–Trinajstić information content (AvgIpc) is 2.46. The minimum absolute atomic E-state index is 0.235. The highest BCUT2D eigenvalue weighted by atomic mass is 16.1. The molecule has 3 atom stereocenters. The summed E-state index contributed by atoms with van der Waals surface area (Å²) in [5, 5.41) is 3.34. The van der Waals surface area contributed by atoms with Crippen molar-refractivity contribution in [3.63, 3.8) is 0 Å². The van der Waals surface area contributed by atoms with Gasteiger partial charge in [0.05, 0.1) is 0 Å². The molecule has 0 aromatic carbocycles. The van der Waals surface area contributed by atoms with Gasteiger partial charge in [-0.05, 0) is 30.8 Å². The van der Waals surface area contributed by atoms with Gasteiger partial charge in [-0.15, -0.1) is 0 Å². The van der Waals surface area contributed by atoms with Crippen LogP contribution in [0.1, 0.15) is 20.3 Å². The highest BCUT2D eigenvalue weighted by Gasteiger charge is 2.52. The second-order valence-corrected chi connectivity index (χ2v) is 4.47. The van der Waals surface area contributed by atoms with Gasteiger partial charge in [0.1, 0.15) is 5.78 Å². The number of hydrogen-bond acceptors (Lipinski definition) is 2. The van der Waals surface area contributed by atoms with Gasteiger partial charge in [0.25, 0.3) is 0 Å². The lowest BCUT2D eigenvalue weighted by Gasteiger charge is -2.05. The van der Waals surface area contributed by atoms with Crippen LogP contribution in [0.4, 0.5) is 0 Å². The molecule has 2 nitrogen and oxygen atoms in total. The summed E-state index contributed by atoms with van der Waals surface area (Å²) in [7, 11) is 0. The molecule has 0 amide bonds. The van der Waals surface area contributed by atoms with Crippen molar-refractivity contribution >= 4 is 5.78 Å². The molecule has 1 saturated heterocycles. The number of nitrogens with one attached hydrogen (secondary N) is 1. The standard InChI is InChI=1S/C10H17NO/c1-6(2)10(12)3-7-8-4-11-5-9(7)8/h6-9,11H,3-5H2,1-2H3/t7-,8-,9+. The molecule has 0 bridgehead atoms. The average molecular weight is 167 g/mol. The number of fused-ring (bicyclic) bond motifs is 1. The summed E-state index contributed by atoms with van der Waals surface area (Å²) in [4.78, 5) is 11.4. The summed E-state index contributed by atoms with van der Waals surface area (Å²) in [6, 6.07) is 0. The molecule has 1 saturated carbocycles. The molecule has 0 aromatic rings. The van der Waals surface area contributed by atoms with Gasteiger partial charge in [-0.1, -0.05) is 13.8 Å². The van der Waals surface area contributed by atoms with Crippen molar-refractivity contribution in [2.45, 2.75) is 20.3 Å². The third-order valence-corrected chi connectivity index (χ3v) is 3.35. The van der Waals surface area contributed by atoms with E-state index in [1.807, 2.05) is 13.8 Å². The van der Waals surface area contributed by atoms with E-state index in [1.165, 1.54) is 0 Å². The molecule has 0 unspecified atom stereocenters.